The molecule has 1 heterocycles. The molecule has 2 rings (SSSR count). The van der Waals surface area contributed by atoms with Crippen molar-refractivity contribution in [1.82, 2.24) is 0 Å². The first-order chi connectivity index (χ1) is 6.65. The Kier molecular flexibility index (Phi) is 4.32. The SMILES string of the molecule is COC(=O)C1CC2(CC(N)CCS2)C1.Cl. The number of carbonyl (C=O) groups is 1. The van der Waals surface area contributed by atoms with Crippen LogP contribution in [0, 0.1) is 5.92 Å². The monoisotopic (exact) mass is 251 g/mol. The second kappa shape index (κ2) is 4.93. The van der Waals surface area contributed by atoms with Crippen LogP contribution in [0.3, 0.4) is 0 Å². The highest BCUT2D eigenvalue weighted by Crippen LogP contribution is 2.53. The van der Waals surface area contributed by atoms with Crippen molar-refractivity contribution in [3.05, 3.63) is 0 Å². The minimum absolute atomic E-state index is 0. The number of esters is 1. The smallest absolute Gasteiger partial charge is 0.308 e. The van der Waals surface area contributed by atoms with E-state index in [4.69, 9.17) is 10.5 Å². The molecular weight excluding hydrogens is 234 g/mol. The van der Waals surface area contributed by atoms with Crippen molar-refractivity contribution in [2.75, 3.05) is 12.9 Å². The minimum Gasteiger partial charge on any atom is -0.469 e. The Morgan fingerprint density at radius 3 is 2.67 bits per heavy atom. The lowest BCUT2D eigenvalue weighted by molar-refractivity contribution is -0.149. The highest BCUT2D eigenvalue weighted by atomic mass is 35.5. The quantitative estimate of drug-likeness (QED) is 0.719. The molecule has 88 valence electrons. The molecule has 15 heavy (non-hydrogen) atoms. The highest BCUT2D eigenvalue weighted by molar-refractivity contribution is 8.00. The van der Waals surface area contributed by atoms with Gasteiger partial charge >= 0.3 is 5.97 Å². The molecule has 2 aliphatic rings. The summed E-state index contributed by atoms with van der Waals surface area (Å²) in [5.74, 6) is 1.24. The fourth-order valence-corrected chi connectivity index (χ4v) is 4.35. The topological polar surface area (TPSA) is 52.3 Å². The molecule has 5 heteroatoms. The van der Waals surface area contributed by atoms with E-state index in [-0.39, 0.29) is 24.3 Å². The number of hydrogen-bond acceptors (Lipinski definition) is 4. The molecule has 1 unspecified atom stereocenters. The van der Waals surface area contributed by atoms with Gasteiger partial charge in [-0.2, -0.15) is 11.8 Å². The van der Waals surface area contributed by atoms with E-state index in [1.165, 1.54) is 7.11 Å². The number of nitrogens with two attached hydrogens (primary N) is 1. The van der Waals surface area contributed by atoms with E-state index in [1.54, 1.807) is 0 Å². The number of methoxy groups -OCH3 is 1. The number of hydrogen-bond donors (Lipinski definition) is 1. The minimum atomic E-state index is -0.0460. The van der Waals surface area contributed by atoms with Crippen molar-refractivity contribution in [2.24, 2.45) is 11.7 Å². The van der Waals surface area contributed by atoms with Crippen molar-refractivity contribution in [2.45, 2.75) is 36.5 Å². The molecule has 0 radical (unpaired) electrons. The maximum absolute atomic E-state index is 11.2. The summed E-state index contributed by atoms with van der Waals surface area (Å²) in [7, 11) is 1.47. The van der Waals surface area contributed by atoms with Gasteiger partial charge in [0.15, 0.2) is 0 Å². The summed E-state index contributed by atoms with van der Waals surface area (Å²) in [6.45, 7) is 0. The van der Waals surface area contributed by atoms with Crippen LogP contribution >= 0.6 is 24.2 Å². The van der Waals surface area contributed by atoms with Crippen molar-refractivity contribution >= 4 is 30.1 Å². The lowest BCUT2D eigenvalue weighted by Gasteiger charge is -2.49. The van der Waals surface area contributed by atoms with Crippen molar-refractivity contribution < 1.29 is 9.53 Å². The summed E-state index contributed by atoms with van der Waals surface area (Å²) < 4.78 is 5.05. The number of thioether (sulfide) groups is 1. The van der Waals surface area contributed by atoms with E-state index in [9.17, 15) is 4.79 Å². The molecule has 1 saturated carbocycles. The molecule has 0 aromatic rings. The number of carbonyl (C=O) groups excluding carboxylic acids is 1. The van der Waals surface area contributed by atoms with Crippen LogP contribution in [-0.2, 0) is 9.53 Å². The van der Waals surface area contributed by atoms with Crippen molar-refractivity contribution in [3.63, 3.8) is 0 Å². The third-order valence-electron chi connectivity index (χ3n) is 3.30. The van der Waals surface area contributed by atoms with Crippen LogP contribution in [0.4, 0.5) is 0 Å². The van der Waals surface area contributed by atoms with Crippen LogP contribution in [-0.4, -0.2) is 29.6 Å². The van der Waals surface area contributed by atoms with Gasteiger partial charge < -0.3 is 10.5 Å². The predicted molar refractivity (Wildman–Crippen MR) is 64.4 cm³/mol. The molecule has 1 atom stereocenters. The Morgan fingerprint density at radius 1 is 1.47 bits per heavy atom. The van der Waals surface area contributed by atoms with Crippen LogP contribution in [0.2, 0.25) is 0 Å². The average molecular weight is 252 g/mol. The molecule has 0 amide bonds. The largest absolute Gasteiger partial charge is 0.469 e. The first-order valence-electron chi connectivity index (χ1n) is 5.12. The summed E-state index contributed by atoms with van der Waals surface area (Å²) in [6.07, 6.45) is 4.14. The molecular formula is C10H18ClNO2S. The second-order valence-corrected chi connectivity index (χ2v) is 5.98. The zero-order chi connectivity index (χ0) is 10.2. The third kappa shape index (κ3) is 2.60. The molecule has 2 N–H and O–H groups in total. The molecule has 0 aromatic heterocycles. The average Bonchev–Trinajstić information content (AvgIpc) is 2.13. The first-order valence-corrected chi connectivity index (χ1v) is 6.11. The maximum atomic E-state index is 11.2. The Balaban J connectivity index is 0.00000112. The second-order valence-electron chi connectivity index (χ2n) is 4.41. The highest BCUT2D eigenvalue weighted by Gasteiger charge is 2.50. The molecule has 3 nitrogen and oxygen atoms in total. The number of ether oxygens (including phenoxy) is 1. The molecule has 1 aliphatic heterocycles. The van der Waals surface area contributed by atoms with Crippen LogP contribution in [0.25, 0.3) is 0 Å². The zero-order valence-electron chi connectivity index (χ0n) is 8.90. The van der Waals surface area contributed by atoms with Crippen molar-refractivity contribution in [3.8, 4) is 0 Å². The van der Waals surface area contributed by atoms with E-state index in [0.717, 1.165) is 31.4 Å². The molecule has 1 aliphatic carbocycles. The van der Waals surface area contributed by atoms with Gasteiger partial charge in [-0.05, 0) is 31.4 Å². The van der Waals surface area contributed by atoms with Crippen LogP contribution in [0.5, 0.6) is 0 Å². The van der Waals surface area contributed by atoms with E-state index < -0.39 is 0 Å². The Bertz CT molecular complexity index is 244. The normalized spacial score (nSPS) is 39.1. The van der Waals surface area contributed by atoms with E-state index >= 15 is 0 Å². The van der Waals surface area contributed by atoms with Crippen molar-refractivity contribution in [1.29, 1.82) is 0 Å². The van der Waals surface area contributed by atoms with Gasteiger partial charge in [-0.1, -0.05) is 0 Å². The van der Waals surface area contributed by atoms with Gasteiger partial charge in [0, 0.05) is 10.8 Å². The first kappa shape index (κ1) is 13.1. The molecule has 0 bridgehead atoms. The summed E-state index contributed by atoms with van der Waals surface area (Å²) in [5, 5.41) is 0. The summed E-state index contributed by atoms with van der Waals surface area (Å²) in [5.41, 5.74) is 5.94. The Hall–Kier alpha value is 0.0700. The summed E-state index contributed by atoms with van der Waals surface area (Å²) in [6, 6.07) is 0.342. The lowest BCUT2D eigenvalue weighted by Crippen LogP contribution is -2.50. The van der Waals surface area contributed by atoms with Gasteiger partial charge in [-0.25, -0.2) is 0 Å². The summed E-state index contributed by atoms with van der Waals surface area (Å²) >= 11 is 2.00. The van der Waals surface area contributed by atoms with E-state index in [0.29, 0.717) is 10.8 Å². The lowest BCUT2D eigenvalue weighted by atomic mass is 9.70. The maximum Gasteiger partial charge on any atom is 0.308 e. The molecule has 1 spiro atoms. The molecule has 2 fully saturated rings. The fourth-order valence-electron chi connectivity index (χ4n) is 2.52. The van der Waals surface area contributed by atoms with Gasteiger partial charge in [-0.3, -0.25) is 4.79 Å². The number of rotatable bonds is 1. The number of halogens is 1. The van der Waals surface area contributed by atoms with E-state index in [1.807, 2.05) is 11.8 Å². The zero-order valence-corrected chi connectivity index (χ0v) is 10.5. The van der Waals surface area contributed by atoms with Crippen LogP contribution in [0.1, 0.15) is 25.7 Å². The Labute approximate surface area is 101 Å². The predicted octanol–water partition coefficient (Wildman–Crippen LogP) is 1.58. The summed E-state index contributed by atoms with van der Waals surface area (Å²) in [4.78, 5) is 11.2. The standard InChI is InChI=1S/C10H17NO2S.ClH/c1-13-9(12)7-4-10(5-7)6-8(11)2-3-14-10;/h7-8H,2-6,11H2,1H3;1H. The molecule has 0 aromatic carbocycles. The van der Waals surface area contributed by atoms with E-state index in [2.05, 4.69) is 0 Å². The Morgan fingerprint density at radius 2 is 2.13 bits per heavy atom. The van der Waals surface area contributed by atoms with Gasteiger partial charge in [0.25, 0.3) is 0 Å². The van der Waals surface area contributed by atoms with Gasteiger partial charge in [0.1, 0.15) is 0 Å². The van der Waals surface area contributed by atoms with Crippen LogP contribution < -0.4 is 5.73 Å². The van der Waals surface area contributed by atoms with Gasteiger partial charge in [0.05, 0.1) is 13.0 Å². The molecule has 1 saturated heterocycles. The van der Waals surface area contributed by atoms with Gasteiger partial charge in [-0.15, -0.1) is 12.4 Å². The fraction of sp³-hybridized carbons (Fsp3) is 0.900. The third-order valence-corrected chi connectivity index (χ3v) is 4.85. The van der Waals surface area contributed by atoms with Crippen LogP contribution in [0.15, 0.2) is 0 Å². The van der Waals surface area contributed by atoms with Gasteiger partial charge in [0.2, 0.25) is 0 Å².